The number of benzene rings is 2. The Morgan fingerprint density at radius 3 is 2.71 bits per heavy atom. The zero-order valence-corrected chi connectivity index (χ0v) is 14.3. The second kappa shape index (κ2) is 5.80. The van der Waals surface area contributed by atoms with Crippen LogP contribution in [0.4, 0.5) is 10.5 Å². The summed E-state index contributed by atoms with van der Waals surface area (Å²) in [7, 11) is 1.80. The highest BCUT2D eigenvalue weighted by atomic mass is 35.5. The van der Waals surface area contributed by atoms with Crippen LogP contribution in [0, 0.1) is 0 Å². The van der Waals surface area contributed by atoms with Gasteiger partial charge in [-0.1, -0.05) is 41.9 Å². The maximum atomic E-state index is 13.1. The molecule has 0 aliphatic carbocycles. The van der Waals surface area contributed by atoms with Crippen molar-refractivity contribution in [3.8, 4) is 0 Å². The van der Waals surface area contributed by atoms with E-state index in [0.717, 1.165) is 29.7 Å². The lowest BCUT2D eigenvalue weighted by Crippen LogP contribution is -2.59. The zero-order chi connectivity index (χ0) is 16.7. The van der Waals surface area contributed by atoms with Crippen molar-refractivity contribution in [3.05, 3.63) is 64.7 Å². The van der Waals surface area contributed by atoms with Gasteiger partial charge in [0.05, 0.1) is 12.3 Å². The van der Waals surface area contributed by atoms with Crippen molar-refractivity contribution in [1.29, 1.82) is 0 Å². The molecule has 0 bridgehead atoms. The maximum absolute atomic E-state index is 13.1. The minimum Gasteiger partial charge on any atom is -0.347 e. The molecular weight excluding hydrogens is 324 g/mol. The number of rotatable bonds is 1. The smallest absolute Gasteiger partial charge is 0.327 e. The Morgan fingerprint density at radius 1 is 1.12 bits per heavy atom. The minimum atomic E-state index is -0.915. The molecule has 0 radical (unpaired) electrons. The zero-order valence-electron chi connectivity index (χ0n) is 13.5. The molecule has 4 rings (SSSR count). The third-order valence-corrected chi connectivity index (χ3v) is 5.07. The van der Waals surface area contributed by atoms with Gasteiger partial charge in [-0.05, 0) is 31.0 Å². The van der Waals surface area contributed by atoms with Crippen LogP contribution < -0.4 is 4.90 Å². The number of carbonyl (C=O) groups excluding carboxylic acids is 1. The molecular formula is C19H19ClN2O2. The van der Waals surface area contributed by atoms with E-state index in [2.05, 4.69) is 0 Å². The topological polar surface area (TPSA) is 32.8 Å². The first kappa shape index (κ1) is 15.5. The van der Waals surface area contributed by atoms with Gasteiger partial charge >= 0.3 is 6.03 Å². The molecule has 0 spiro atoms. The molecule has 2 aliphatic rings. The van der Waals surface area contributed by atoms with Crippen LogP contribution in [-0.2, 0) is 10.5 Å². The van der Waals surface area contributed by atoms with Crippen LogP contribution in [0.3, 0.4) is 0 Å². The van der Waals surface area contributed by atoms with Crippen LogP contribution in [0.5, 0.6) is 0 Å². The molecule has 1 unspecified atom stereocenters. The number of nitrogens with zero attached hydrogens (tertiary/aromatic N) is 2. The molecule has 1 atom stereocenters. The number of hydrogen-bond donors (Lipinski definition) is 0. The number of ether oxygens (including phenoxy) is 1. The SMILES string of the molecule is CN1C(=O)N2CCCCOC2(c2ccccc2)c2cc(Cl)ccc21. The summed E-state index contributed by atoms with van der Waals surface area (Å²) in [6.07, 6.45) is 1.85. The largest absolute Gasteiger partial charge is 0.347 e. The van der Waals surface area contributed by atoms with Crippen molar-refractivity contribution in [3.63, 3.8) is 0 Å². The van der Waals surface area contributed by atoms with Gasteiger partial charge in [-0.2, -0.15) is 0 Å². The molecule has 2 aromatic carbocycles. The number of halogens is 1. The summed E-state index contributed by atoms with van der Waals surface area (Å²) in [4.78, 5) is 16.6. The fourth-order valence-electron chi connectivity index (χ4n) is 3.70. The standard InChI is InChI=1S/C19H19ClN2O2/c1-21-17-10-9-15(20)13-16(17)19(14-7-3-2-4-8-14)22(18(21)23)11-5-6-12-24-19/h2-4,7-10,13H,5-6,11-12H2,1H3. The highest BCUT2D eigenvalue weighted by Crippen LogP contribution is 2.47. The van der Waals surface area contributed by atoms with Gasteiger partial charge in [0.25, 0.3) is 0 Å². The quantitative estimate of drug-likeness (QED) is 0.777. The first-order chi connectivity index (χ1) is 11.6. The molecule has 1 fully saturated rings. The van der Waals surface area contributed by atoms with Gasteiger partial charge in [-0.3, -0.25) is 9.80 Å². The average molecular weight is 343 g/mol. The van der Waals surface area contributed by atoms with Crippen molar-refractivity contribution >= 4 is 23.3 Å². The van der Waals surface area contributed by atoms with E-state index in [4.69, 9.17) is 16.3 Å². The fourth-order valence-corrected chi connectivity index (χ4v) is 3.87. The Morgan fingerprint density at radius 2 is 1.92 bits per heavy atom. The Hall–Kier alpha value is -2.04. The van der Waals surface area contributed by atoms with Gasteiger partial charge in [0, 0.05) is 29.7 Å². The third kappa shape index (κ3) is 2.14. The summed E-state index contributed by atoms with van der Waals surface area (Å²) in [5, 5.41) is 0.639. The molecule has 124 valence electrons. The van der Waals surface area contributed by atoms with Gasteiger partial charge in [-0.25, -0.2) is 4.79 Å². The monoisotopic (exact) mass is 342 g/mol. The number of urea groups is 1. The van der Waals surface area contributed by atoms with E-state index in [0.29, 0.717) is 18.2 Å². The van der Waals surface area contributed by atoms with E-state index in [9.17, 15) is 4.79 Å². The van der Waals surface area contributed by atoms with Crippen molar-refractivity contribution in [2.45, 2.75) is 18.6 Å². The van der Waals surface area contributed by atoms with Gasteiger partial charge in [0.2, 0.25) is 0 Å². The first-order valence-corrected chi connectivity index (χ1v) is 8.57. The molecule has 4 nitrogen and oxygen atoms in total. The van der Waals surface area contributed by atoms with Crippen molar-refractivity contribution < 1.29 is 9.53 Å². The summed E-state index contributed by atoms with van der Waals surface area (Å²) in [6, 6.07) is 15.5. The van der Waals surface area contributed by atoms with E-state index in [1.807, 2.05) is 53.4 Å². The number of hydrogen-bond acceptors (Lipinski definition) is 2. The summed E-state index contributed by atoms with van der Waals surface area (Å²) in [5.41, 5.74) is 1.80. The normalized spacial score (nSPS) is 23.5. The third-order valence-electron chi connectivity index (χ3n) is 4.84. The second-order valence-corrected chi connectivity index (χ2v) is 6.66. The maximum Gasteiger partial charge on any atom is 0.327 e. The van der Waals surface area contributed by atoms with Gasteiger partial charge in [-0.15, -0.1) is 0 Å². The predicted octanol–water partition coefficient (Wildman–Crippen LogP) is 4.22. The Balaban J connectivity index is 2.05. The minimum absolute atomic E-state index is 0.0458. The van der Waals surface area contributed by atoms with E-state index >= 15 is 0 Å². The molecule has 24 heavy (non-hydrogen) atoms. The van der Waals surface area contributed by atoms with Crippen molar-refractivity contribution in [2.24, 2.45) is 0 Å². The number of carbonyl (C=O) groups is 1. The molecule has 5 heteroatoms. The number of fused-ring (bicyclic) bond motifs is 3. The molecule has 0 aromatic heterocycles. The molecule has 1 saturated heterocycles. The molecule has 2 aromatic rings. The van der Waals surface area contributed by atoms with E-state index < -0.39 is 5.72 Å². The van der Waals surface area contributed by atoms with E-state index in [-0.39, 0.29) is 6.03 Å². The van der Waals surface area contributed by atoms with Crippen LogP contribution in [0.2, 0.25) is 5.02 Å². The summed E-state index contributed by atoms with van der Waals surface area (Å²) >= 11 is 6.30. The van der Waals surface area contributed by atoms with Crippen molar-refractivity contribution in [2.75, 3.05) is 25.1 Å². The number of anilines is 1. The first-order valence-electron chi connectivity index (χ1n) is 8.19. The van der Waals surface area contributed by atoms with Gasteiger partial charge in [0.15, 0.2) is 5.72 Å². The van der Waals surface area contributed by atoms with Crippen LogP contribution >= 0.6 is 11.6 Å². The Labute approximate surface area is 146 Å². The van der Waals surface area contributed by atoms with Gasteiger partial charge in [0.1, 0.15) is 0 Å². The van der Waals surface area contributed by atoms with Crippen LogP contribution in [0.1, 0.15) is 24.0 Å². The molecule has 0 saturated carbocycles. The lowest BCUT2D eigenvalue weighted by atomic mass is 9.89. The Kier molecular flexibility index (Phi) is 3.74. The summed E-state index contributed by atoms with van der Waals surface area (Å²) in [5.74, 6) is 0. The summed E-state index contributed by atoms with van der Waals surface area (Å²) in [6.45, 7) is 1.26. The van der Waals surface area contributed by atoms with Crippen LogP contribution in [0.15, 0.2) is 48.5 Å². The summed E-state index contributed by atoms with van der Waals surface area (Å²) < 4.78 is 6.40. The van der Waals surface area contributed by atoms with Crippen LogP contribution in [0.25, 0.3) is 0 Å². The van der Waals surface area contributed by atoms with Crippen LogP contribution in [-0.4, -0.2) is 31.1 Å². The van der Waals surface area contributed by atoms with Gasteiger partial charge < -0.3 is 4.74 Å². The lowest BCUT2D eigenvalue weighted by molar-refractivity contribution is -0.100. The second-order valence-electron chi connectivity index (χ2n) is 6.22. The molecule has 2 amide bonds. The average Bonchev–Trinajstić information content (AvgIpc) is 2.84. The fraction of sp³-hybridized carbons (Fsp3) is 0.316. The number of amides is 2. The van der Waals surface area contributed by atoms with E-state index in [1.165, 1.54) is 0 Å². The molecule has 2 aliphatic heterocycles. The molecule has 0 N–H and O–H groups in total. The predicted molar refractivity (Wildman–Crippen MR) is 94.4 cm³/mol. The van der Waals surface area contributed by atoms with Crippen molar-refractivity contribution in [1.82, 2.24) is 4.90 Å². The lowest BCUT2D eigenvalue weighted by Gasteiger charge is -2.49. The highest BCUT2D eigenvalue weighted by Gasteiger charge is 2.51. The highest BCUT2D eigenvalue weighted by molar-refractivity contribution is 6.30. The Bertz CT molecular complexity index is 780. The molecule has 2 heterocycles. The van der Waals surface area contributed by atoms with E-state index in [1.54, 1.807) is 11.9 Å².